The van der Waals surface area contributed by atoms with Gasteiger partial charge >= 0.3 is 0 Å². The molecule has 3 aliphatic rings. The van der Waals surface area contributed by atoms with Gasteiger partial charge in [-0.05, 0) is 110 Å². The standard InChI is InChI=1S/C37H55N3O4S/c1-25(2)9-7-11-27-13-16-32-31(33(18-21-36(27,32)3)37(4)20-17-28(41)24-35(37)42)19-22-38-39-45(43,44)29-14-15-30-26(23-29)10-8-12-34(30)40(5)6/h8,10,12,14-15,22-23,25,27-28,31-33,39,41H,7,9,11,13,16-21,24H2,1-6H3/b38-22+/t27-,28?,31?,32?,33?,36+,37+/m0/s1. The monoisotopic (exact) mass is 637 g/mol. The minimum absolute atomic E-state index is 0.185. The number of aliphatic hydroxyl groups is 1. The van der Waals surface area contributed by atoms with Crippen LogP contribution in [-0.2, 0) is 14.8 Å². The molecule has 5 rings (SSSR count). The Morgan fingerprint density at radius 2 is 1.84 bits per heavy atom. The van der Waals surface area contributed by atoms with E-state index in [0.717, 1.165) is 48.1 Å². The number of hydrogen-bond acceptors (Lipinski definition) is 6. The molecule has 0 radical (unpaired) electrons. The molecule has 2 aromatic carbocycles. The maximum Gasteiger partial charge on any atom is 0.276 e. The zero-order valence-electron chi connectivity index (χ0n) is 28.3. The van der Waals surface area contributed by atoms with Crippen LogP contribution in [0.4, 0.5) is 5.69 Å². The first kappa shape index (κ1) is 33.9. The lowest BCUT2D eigenvalue weighted by atomic mass is 9.50. The van der Waals surface area contributed by atoms with E-state index in [2.05, 4.69) is 37.6 Å². The summed E-state index contributed by atoms with van der Waals surface area (Å²) in [7, 11) is 0.0998. The average molecular weight is 638 g/mol. The largest absolute Gasteiger partial charge is 0.393 e. The quantitative estimate of drug-likeness (QED) is 0.196. The molecule has 7 nitrogen and oxygen atoms in total. The van der Waals surface area contributed by atoms with Gasteiger partial charge < -0.3 is 10.0 Å². The highest BCUT2D eigenvalue weighted by molar-refractivity contribution is 7.89. The first-order chi connectivity index (χ1) is 21.3. The molecule has 4 unspecified atom stereocenters. The lowest BCUT2D eigenvalue weighted by Crippen LogP contribution is -2.51. The molecule has 0 saturated heterocycles. The SMILES string of the molecule is CC(C)CCC[C@H]1CCC2C(C/C=N/NS(=O)(=O)c3ccc4c(N(C)C)cccc4c3)C([C@@]3(C)CCC(O)CC3=O)CC[C@@]21C. The lowest BCUT2D eigenvalue weighted by molar-refractivity contribution is -0.144. The summed E-state index contributed by atoms with van der Waals surface area (Å²) >= 11 is 0. The van der Waals surface area contributed by atoms with Crippen molar-refractivity contribution < 1.29 is 18.3 Å². The number of aliphatic hydroxyl groups excluding tert-OH is 1. The van der Waals surface area contributed by atoms with E-state index in [9.17, 15) is 18.3 Å². The maximum atomic E-state index is 13.5. The number of Topliss-reactive ketones (excluding diaryl/α,β-unsaturated/α-hetero) is 1. The summed E-state index contributed by atoms with van der Waals surface area (Å²) in [6, 6.07) is 11.1. The lowest BCUT2D eigenvalue weighted by Gasteiger charge is -2.54. The van der Waals surface area contributed by atoms with Gasteiger partial charge in [-0.1, -0.05) is 58.7 Å². The number of rotatable bonds is 11. The zero-order chi connectivity index (χ0) is 32.6. The summed E-state index contributed by atoms with van der Waals surface area (Å²) in [6.07, 6.45) is 11.8. The number of anilines is 1. The van der Waals surface area contributed by atoms with Gasteiger partial charge in [0, 0.05) is 43.2 Å². The van der Waals surface area contributed by atoms with Crippen LogP contribution >= 0.6 is 0 Å². The molecular weight excluding hydrogens is 582 g/mol. The van der Waals surface area contributed by atoms with Gasteiger partial charge in [0.2, 0.25) is 0 Å². The van der Waals surface area contributed by atoms with Gasteiger partial charge in [-0.25, -0.2) is 4.83 Å². The van der Waals surface area contributed by atoms with Crippen molar-refractivity contribution in [2.75, 3.05) is 19.0 Å². The predicted molar refractivity (Wildman–Crippen MR) is 184 cm³/mol. The van der Waals surface area contributed by atoms with Crippen LogP contribution in [-0.4, -0.2) is 45.7 Å². The Labute approximate surface area is 271 Å². The summed E-state index contributed by atoms with van der Waals surface area (Å²) in [5.41, 5.74) is 0.811. The van der Waals surface area contributed by atoms with E-state index in [1.807, 2.05) is 43.3 Å². The zero-order valence-corrected chi connectivity index (χ0v) is 29.1. The molecule has 248 valence electrons. The second-order valence-electron chi connectivity index (χ2n) is 15.5. The van der Waals surface area contributed by atoms with Crippen LogP contribution in [0.3, 0.4) is 0 Å². The number of hydrogen-bond donors (Lipinski definition) is 2. The number of carbonyl (C=O) groups is 1. The number of sulfonamides is 1. The summed E-state index contributed by atoms with van der Waals surface area (Å²) in [4.78, 5) is 18.2. The number of nitrogens with zero attached hydrogens (tertiary/aromatic N) is 2. The van der Waals surface area contributed by atoms with Gasteiger partial charge in [-0.3, -0.25) is 4.79 Å². The minimum atomic E-state index is -3.85. The number of nitrogens with one attached hydrogen (secondary N) is 1. The Kier molecular flexibility index (Phi) is 10.1. The predicted octanol–water partition coefficient (Wildman–Crippen LogP) is 7.57. The maximum absolute atomic E-state index is 13.5. The Morgan fingerprint density at radius 3 is 2.56 bits per heavy atom. The molecule has 0 aromatic heterocycles. The minimum Gasteiger partial charge on any atom is -0.393 e. The summed E-state index contributed by atoms with van der Waals surface area (Å²) in [5, 5.41) is 16.4. The van der Waals surface area contributed by atoms with Crippen LogP contribution in [0.2, 0.25) is 0 Å². The summed E-state index contributed by atoms with van der Waals surface area (Å²) in [6.45, 7) is 9.23. The smallest absolute Gasteiger partial charge is 0.276 e. The molecule has 3 fully saturated rings. The molecule has 45 heavy (non-hydrogen) atoms. The average Bonchev–Trinajstić information content (AvgIpc) is 3.32. The van der Waals surface area contributed by atoms with Crippen molar-refractivity contribution in [2.45, 2.75) is 109 Å². The molecule has 2 aromatic rings. The second-order valence-corrected chi connectivity index (χ2v) is 17.1. The first-order valence-corrected chi connectivity index (χ1v) is 18.7. The van der Waals surface area contributed by atoms with Gasteiger partial charge in [-0.2, -0.15) is 13.5 Å². The van der Waals surface area contributed by atoms with Crippen molar-refractivity contribution in [1.29, 1.82) is 0 Å². The number of hydrazone groups is 1. The number of ketones is 1. The van der Waals surface area contributed by atoms with Crippen LogP contribution in [0, 0.1) is 40.4 Å². The van der Waals surface area contributed by atoms with Crippen molar-refractivity contribution in [1.82, 2.24) is 4.83 Å². The van der Waals surface area contributed by atoms with E-state index in [4.69, 9.17) is 0 Å². The third kappa shape index (κ3) is 6.83. The molecule has 0 spiro atoms. The van der Waals surface area contributed by atoms with Crippen LogP contribution in [0.25, 0.3) is 10.8 Å². The fourth-order valence-electron chi connectivity index (χ4n) is 9.45. The van der Waals surface area contributed by atoms with Gasteiger partial charge in [0.25, 0.3) is 10.0 Å². The number of benzene rings is 2. The van der Waals surface area contributed by atoms with Crippen molar-refractivity contribution in [3.63, 3.8) is 0 Å². The Bertz CT molecular complexity index is 1500. The van der Waals surface area contributed by atoms with Crippen LogP contribution in [0.5, 0.6) is 0 Å². The molecule has 7 atom stereocenters. The first-order valence-electron chi connectivity index (χ1n) is 17.2. The van der Waals surface area contributed by atoms with E-state index >= 15 is 0 Å². The summed E-state index contributed by atoms with van der Waals surface area (Å²) < 4.78 is 26.6. The van der Waals surface area contributed by atoms with Crippen LogP contribution < -0.4 is 9.73 Å². The van der Waals surface area contributed by atoms with Gasteiger partial charge in [0.1, 0.15) is 5.78 Å². The molecule has 0 heterocycles. The second kappa shape index (κ2) is 13.3. The van der Waals surface area contributed by atoms with Gasteiger partial charge in [0.05, 0.1) is 11.0 Å². The molecule has 0 bridgehead atoms. The number of fused-ring (bicyclic) bond motifs is 2. The fraction of sp³-hybridized carbons (Fsp3) is 0.676. The van der Waals surface area contributed by atoms with Crippen LogP contribution in [0.1, 0.15) is 98.3 Å². The molecule has 8 heteroatoms. The Hall–Kier alpha value is -2.45. The Morgan fingerprint density at radius 1 is 1.07 bits per heavy atom. The molecule has 3 aliphatic carbocycles. The van der Waals surface area contributed by atoms with E-state index < -0.39 is 21.5 Å². The molecule has 2 N–H and O–H groups in total. The topological polar surface area (TPSA) is 99.1 Å². The third-order valence-corrected chi connectivity index (χ3v) is 13.3. The Balaban J connectivity index is 1.35. The fourth-order valence-corrected chi connectivity index (χ4v) is 10.3. The molecule has 0 amide bonds. The normalized spacial score (nSPS) is 32.4. The highest BCUT2D eigenvalue weighted by Crippen LogP contribution is 2.64. The van der Waals surface area contributed by atoms with Crippen molar-refractivity contribution in [3.8, 4) is 0 Å². The highest BCUT2D eigenvalue weighted by Gasteiger charge is 2.58. The molecule has 3 saturated carbocycles. The highest BCUT2D eigenvalue weighted by atomic mass is 32.2. The summed E-state index contributed by atoms with van der Waals surface area (Å²) in [5.74, 6) is 2.54. The van der Waals surface area contributed by atoms with Gasteiger partial charge in [-0.15, -0.1) is 0 Å². The van der Waals surface area contributed by atoms with Crippen molar-refractivity contribution in [3.05, 3.63) is 36.4 Å². The number of carbonyl (C=O) groups excluding carboxylic acids is 1. The van der Waals surface area contributed by atoms with Crippen molar-refractivity contribution >= 4 is 38.5 Å². The van der Waals surface area contributed by atoms with E-state index in [1.165, 1.54) is 25.7 Å². The van der Waals surface area contributed by atoms with Gasteiger partial charge in [0.15, 0.2) is 0 Å². The third-order valence-electron chi connectivity index (χ3n) is 12.1. The van der Waals surface area contributed by atoms with E-state index in [-0.39, 0.29) is 34.4 Å². The van der Waals surface area contributed by atoms with Crippen LogP contribution in [0.15, 0.2) is 46.4 Å². The molecular formula is C37H55N3O4S. The van der Waals surface area contributed by atoms with E-state index in [1.54, 1.807) is 18.3 Å². The van der Waals surface area contributed by atoms with E-state index in [0.29, 0.717) is 24.7 Å². The molecule has 0 aliphatic heterocycles. The van der Waals surface area contributed by atoms with Crippen molar-refractivity contribution in [2.24, 2.45) is 45.5 Å².